The van der Waals surface area contributed by atoms with E-state index in [-0.39, 0.29) is 6.04 Å². The van der Waals surface area contributed by atoms with E-state index in [2.05, 4.69) is 35.8 Å². The standard InChI is InChI=1S/C15H24BrNO2/c1-3-8-18-9-10-19-15-12(11-13(17)4-2)6-5-7-14(15)16/h5-7,13H,3-4,8-11,17H2,1-2H3. The van der Waals surface area contributed by atoms with E-state index in [1.165, 1.54) is 0 Å². The molecule has 1 rings (SSSR count). The molecule has 0 spiro atoms. The average Bonchev–Trinajstić information content (AvgIpc) is 2.41. The Morgan fingerprint density at radius 3 is 2.68 bits per heavy atom. The fourth-order valence-electron chi connectivity index (χ4n) is 1.75. The van der Waals surface area contributed by atoms with Crippen molar-refractivity contribution in [1.29, 1.82) is 0 Å². The number of rotatable bonds is 9. The molecule has 0 fully saturated rings. The van der Waals surface area contributed by atoms with Gasteiger partial charge in [-0.3, -0.25) is 0 Å². The molecule has 0 saturated carbocycles. The summed E-state index contributed by atoms with van der Waals surface area (Å²) in [6, 6.07) is 6.25. The molecule has 0 bridgehead atoms. The van der Waals surface area contributed by atoms with Crippen molar-refractivity contribution in [3.05, 3.63) is 28.2 Å². The molecule has 19 heavy (non-hydrogen) atoms. The minimum absolute atomic E-state index is 0.174. The molecule has 0 heterocycles. The van der Waals surface area contributed by atoms with Crippen molar-refractivity contribution in [3.63, 3.8) is 0 Å². The van der Waals surface area contributed by atoms with Gasteiger partial charge in [0.2, 0.25) is 0 Å². The molecule has 1 aromatic carbocycles. The second kappa shape index (κ2) is 9.34. The van der Waals surface area contributed by atoms with E-state index >= 15 is 0 Å². The van der Waals surface area contributed by atoms with Gasteiger partial charge in [-0.05, 0) is 46.8 Å². The van der Waals surface area contributed by atoms with Crippen LogP contribution in [0, 0.1) is 0 Å². The first-order chi connectivity index (χ1) is 9.19. The maximum atomic E-state index is 6.02. The summed E-state index contributed by atoms with van der Waals surface area (Å²) in [7, 11) is 0. The third-order valence-corrected chi connectivity index (χ3v) is 3.50. The Bertz CT molecular complexity index is 371. The number of ether oxygens (including phenoxy) is 2. The predicted octanol–water partition coefficient (Wildman–Crippen LogP) is 3.53. The largest absolute Gasteiger partial charge is 0.490 e. The molecule has 1 unspecified atom stereocenters. The SMILES string of the molecule is CCCOCCOc1c(Br)cccc1CC(N)CC. The van der Waals surface area contributed by atoms with Crippen molar-refractivity contribution >= 4 is 15.9 Å². The van der Waals surface area contributed by atoms with Gasteiger partial charge in [0.05, 0.1) is 11.1 Å². The van der Waals surface area contributed by atoms with Gasteiger partial charge in [0, 0.05) is 12.6 Å². The molecule has 0 radical (unpaired) electrons. The molecule has 3 nitrogen and oxygen atoms in total. The Balaban J connectivity index is 2.59. The summed E-state index contributed by atoms with van der Waals surface area (Å²) >= 11 is 3.54. The van der Waals surface area contributed by atoms with Crippen LogP contribution >= 0.6 is 15.9 Å². The highest BCUT2D eigenvalue weighted by Crippen LogP contribution is 2.30. The van der Waals surface area contributed by atoms with Crippen molar-refractivity contribution < 1.29 is 9.47 Å². The van der Waals surface area contributed by atoms with E-state index in [1.807, 2.05) is 12.1 Å². The van der Waals surface area contributed by atoms with Gasteiger partial charge in [0.15, 0.2) is 0 Å². The maximum absolute atomic E-state index is 6.02. The number of hydrogen-bond acceptors (Lipinski definition) is 3. The van der Waals surface area contributed by atoms with Crippen LogP contribution in [-0.4, -0.2) is 25.9 Å². The monoisotopic (exact) mass is 329 g/mol. The number of para-hydroxylation sites is 1. The fourth-order valence-corrected chi connectivity index (χ4v) is 2.27. The molecule has 2 N–H and O–H groups in total. The first kappa shape index (κ1) is 16.5. The molecule has 4 heteroatoms. The normalized spacial score (nSPS) is 12.4. The molecule has 1 aromatic rings. The molecular weight excluding hydrogens is 306 g/mol. The Morgan fingerprint density at radius 2 is 2.00 bits per heavy atom. The van der Waals surface area contributed by atoms with Gasteiger partial charge in [-0.25, -0.2) is 0 Å². The topological polar surface area (TPSA) is 44.5 Å². The molecule has 0 saturated heterocycles. The summed E-state index contributed by atoms with van der Waals surface area (Å²) in [5, 5.41) is 0. The van der Waals surface area contributed by atoms with Crippen molar-refractivity contribution in [2.45, 2.75) is 39.2 Å². The van der Waals surface area contributed by atoms with E-state index in [0.717, 1.165) is 41.7 Å². The van der Waals surface area contributed by atoms with Crippen LogP contribution < -0.4 is 10.5 Å². The Hall–Kier alpha value is -0.580. The lowest BCUT2D eigenvalue weighted by molar-refractivity contribution is 0.1000. The molecule has 0 amide bonds. The lowest BCUT2D eigenvalue weighted by Crippen LogP contribution is -2.22. The first-order valence-electron chi connectivity index (χ1n) is 6.92. The highest BCUT2D eigenvalue weighted by atomic mass is 79.9. The van der Waals surface area contributed by atoms with Crippen LogP contribution in [0.5, 0.6) is 5.75 Å². The summed E-state index contributed by atoms with van der Waals surface area (Å²) in [4.78, 5) is 0. The molecule has 0 aromatic heterocycles. The van der Waals surface area contributed by atoms with E-state index in [1.54, 1.807) is 0 Å². The minimum atomic E-state index is 0.174. The Morgan fingerprint density at radius 1 is 1.21 bits per heavy atom. The Kier molecular flexibility index (Phi) is 8.10. The van der Waals surface area contributed by atoms with Gasteiger partial charge in [-0.2, -0.15) is 0 Å². The van der Waals surface area contributed by atoms with Gasteiger partial charge in [-0.15, -0.1) is 0 Å². The van der Waals surface area contributed by atoms with Crippen molar-refractivity contribution in [2.75, 3.05) is 19.8 Å². The summed E-state index contributed by atoms with van der Waals surface area (Å²) in [6.07, 6.45) is 2.83. The highest BCUT2D eigenvalue weighted by Gasteiger charge is 2.11. The molecule has 0 aliphatic rings. The number of halogens is 1. The van der Waals surface area contributed by atoms with E-state index < -0.39 is 0 Å². The third-order valence-electron chi connectivity index (χ3n) is 2.88. The van der Waals surface area contributed by atoms with Crippen LogP contribution in [0.2, 0.25) is 0 Å². The van der Waals surface area contributed by atoms with Crippen molar-refractivity contribution in [3.8, 4) is 5.75 Å². The molecule has 1 atom stereocenters. The fraction of sp³-hybridized carbons (Fsp3) is 0.600. The minimum Gasteiger partial charge on any atom is -0.490 e. The number of hydrogen-bond donors (Lipinski definition) is 1. The van der Waals surface area contributed by atoms with Crippen LogP contribution in [0.4, 0.5) is 0 Å². The quantitative estimate of drug-likeness (QED) is 0.705. The van der Waals surface area contributed by atoms with E-state index in [0.29, 0.717) is 13.2 Å². The van der Waals surface area contributed by atoms with Crippen LogP contribution in [0.15, 0.2) is 22.7 Å². The lowest BCUT2D eigenvalue weighted by atomic mass is 10.0. The van der Waals surface area contributed by atoms with Gasteiger partial charge in [0.25, 0.3) is 0 Å². The summed E-state index contributed by atoms with van der Waals surface area (Å²) in [5.74, 6) is 0.895. The Labute approximate surface area is 124 Å². The second-order valence-corrected chi connectivity index (χ2v) is 5.42. The van der Waals surface area contributed by atoms with E-state index in [4.69, 9.17) is 15.2 Å². The smallest absolute Gasteiger partial charge is 0.136 e. The summed E-state index contributed by atoms with van der Waals surface area (Å²) < 4.78 is 12.2. The highest BCUT2D eigenvalue weighted by molar-refractivity contribution is 9.10. The third kappa shape index (κ3) is 5.93. The lowest BCUT2D eigenvalue weighted by Gasteiger charge is -2.16. The first-order valence-corrected chi connectivity index (χ1v) is 7.71. The van der Waals surface area contributed by atoms with E-state index in [9.17, 15) is 0 Å². The second-order valence-electron chi connectivity index (χ2n) is 4.56. The van der Waals surface area contributed by atoms with Crippen LogP contribution in [0.25, 0.3) is 0 Å². The van der Waals surface area contributed by atoms with Gasteiger partial charge < -0.3 is 15.2 Å². The van der Waals surface area contributed by atoms with Crippen LogP contribution in [0.3, 0.4) is 0 Å². The number of nitrogens with two attached hydrogens (primary N) is 1. The molecule has 0 aliphatic heterocycles. The summed E-state index contributed by atoms with van der Waals surface area (Å²) in [6.45, 7) is 6.17. The van der Waals surface area contributed by atoms with Crippen molar-refractivity contribution in [1.82, 2.24) is 0 Å². The summed E-state index contributed by atoms with van der Waals surface area (Å²) in [5.41, 5.74) is 7.17. The molecule has 108 valence electrons. The predicted molar refractivity (Wildman–Crippen MR) is 82.7 cm³/mol. The van der Waals surface area contributed by atoms with Crippen molar-refractivity contribution in [2.24, 2.45) is 5.73 Å². The zero-order chi connectivity index (χ0) is 14.1. The van der Waals surface area contributed by atoms with Crippen LogP contribution in [-0.2, 0) is 11.2 Å². The van der Waals surface area contributed by atoms with Gasteiger partial charge in [-0.1, -0.05) is 26.0 Å². The zero-order valence-electron chi connectivity index (χ0n) is 11.8. The van der Waals surface area contributed by atoms with Crippen LogP contribution in [0.1, 0.15) is 32.3 Å². The molecular formula is C15H24BrNO2. The average molecular weight is 330 g/mol. The molecule has 0 aliphatic carbocycles. The number of benzene rings is 1. The van der Waals surface area contributed by atoms with Gasteiger partial charge >= 0.3 is 0 Å². The zero-order valence-corrected chi connectivity index (χ0v) is 13.4. The van der Waals surface area contributed by atoms with Gasteiger partial charge in [0.1, 0.15) is 12.4 Å². The maximum Gasteiger partial charge on any atom is 0.136 e.